The predicted molar refractivity (Wildman–Crippen MR) is 60.8 cm³/mol. The van der Waals surface area contributed by atoms with Crippen molar-refractivity contribution in [2.75, 3.05) is 33.7 Å². The molecule has 0 spiro atoms. The minimum atomic E-state index is -0.166. The molecule has 15 heavy (non-hydrogen) atoms. The zero-order valence-electron chi connectivity index (χ0n) is 9.50. The molecule has 0 atom stereocenters. The maximum absolute atomic E-state index is 11.6. The number of carbonyl (C=O) groups is 1. The molecule has 5 nitrogen and oxygen atoms in total. The van der Waals surface area contributed by atoms with Crippen LogP contribution in [0.15, 0.2) is 16.3 Å². The van der Waals surface area contributed by atoms with Crippen molar-refractivity contribution in [2.45, 2.75) is 6.92 Å². The van der Waals surface area contributed by atoms with Crippen LogP contribution in [0.4, 0.5) is 0 Å². The zero-order chi connectivity index (χ0) is 11.4. The summed E-state index contributed by atoms with van der Waals surface area (Å²) in [6.07, 6.45) is 0. The Morgan fingerprint density at radius 2 is 2.20 bits per heavy atom. The molecule has 84 valence electrons. The van der Waals surface area contributed by atoms with Crippen LogP contribution in [0, 0.1) is 0 Å². The second kappa shape index (κ2) is 4.93. The minimum absolute atomic E-state index is 0.166. The zero-order valence-corrected chi connectivity index (χ0v) is 9.50. The summed E-state index contributed by atoms with van der Waals surface area (Å²) in [5, 5.41) is 3.19. The molecule has 1 aliphatic rings. The molecular weight excluding hydrogens is 192 g/mol. The smallest absolute Gasteiger partial charge is 0.269 e. The average Bonchev–Trinajstić information content (AvgIpc) is 2.27. The lowest BCUT2D eigenvalue weighted by Gasteiger charge is -2.17. The summed E-state index contributed by atoms with van der Waals surface area (Å²) >= 11 is 0. The third-order valence-electron chi connectivity index (χ3n) is 2.36. The number of nitrogens with two attached hydrogens (primary N) is 1. The first kappa shape index (κ1) is 11.7. The van der Waals surface area contributed by atoms with Gasteiger partial charge in [0, 0.05) is 27.2 Å². The van der Waals surface area contributed by atoms with Crippen molar-refractivity contribution >= 4 is 11.6 Å². The average molecular weight is 210 g/mol. The number of aliphatic imine (C=N–C) groups is 1. The lowest BCUT2D eigenvalue weighted by atomic mass is 10.1. The molecule has 0 bridgehead atoms. The summed E-state index contributed by atoms with van der Waals surface area (Å²) in [5.74, 6) is -0.166. The lowest BCUT2D eigenvalue weighted by molar-refractivity contribution is -0.124. The number of hydrogen-bond donors (Lipinski definition) is 2. The summed E-state index contributed by atoms with van der Waals surface area (Å²) in [4.78, 5) is 17.4. The highest BCUT2D eigenvalue weighted by Crippen LogP contribution is 2.05. The first-order chi connectivity index (χ1) is 7.04. The van der Waals surface area contributed by atoms with Crippen molar-refractivity contribution in [3.8, 4) is 0 Å². The molecule has 0 saturated heterocycles. The highest BCUT2D eigenvalue weighted by Gasteiger charge is 2.15. The molecule has 0 unspecified atom stereocenters. The van der Waals surface area contributed by atoms with Gasteiger partial charge in [0.25, 0.3) is 5.91 Å². The number of hydrogen-bond acceptors (Lipinski definition) is 4. The Kier molecular flexibility index (Phi) is 3.85. The second-order valence-electron chi connectivity index (χ2n) is 3.74. The summed E-state index contributed by atoms with van der Waals surface area (Å²) in [5.41, 5.74) is 7.71. The van der Waals surface area contributed by atoms with Crippen LogP contribution in [0.5, 0.6) is 0 Å². The van der Waals surface area contributed by atoms with Gasteiger partial charge in [-0.1, -0.05) is 0 Å². The van der Waals surface area contributed by atoms with Crippen LogP contribution < -0.4 is 11.1 Å². The number of rotatable bonds is 2. The molecule has 0 aromatic carbocycles. The Morgan fingerprint density at radius 1 is 1.53 bits per heavy atom. The Morgan fingerprint density at radius 3 is 2.67 bits per heavy atom. The third-order valence-corrected chi connectivity index (χ3v) is 2.36. The van der Waals surface area contributed by atoms with E-state index in [9.17, 15) is 4.79 Å². The van der Waals surface area contributed by atoms with Gasteiger partial charge in [0.15, 0.2) is 0 Å². The van der Waals surface area contributed by atoms with Crippen LogP contribution >= 0.6 is 0 Å². The van der Waals surface area contributed by atoms with Gasteiger partial charge >= 0.3 is 0 Å². The Balaban J connectivity index is 2.88. The van der Waals surface area contributed by atoms with E-state index in [0.29, 0.717) is 6.54 Å². The van der Waals surface area contributed by atoms with Crippen molar-refractivity contribution in [2.24, 2.45) is 10.7 Å². The monoisotopic (exact) mass is 210 g/mol. The fourth-order valence-electron chi connectivity index (χ4n) is 1.34. The second-order valence-corrected chi connectivity index (χ2v) is 3.74. The molecule has 0 aromatic heterocycles. The van der Waals surface area contributed by atoms with Crippen LogP contribution in [0.2, 0.25) is 0 Å². The fourth-order valence-corrected chi connectivity index (χ4v) is 1.34. The molecule has 1 amide bonds. The Hall–Kier alpha value is -1.36. The molecule has 3 N–H and O–H groups in total. The van der Waals surface area contributed by atoms with Gasteiger partial charge in [-0.3, -0.25) is 9.79 Å². The first-order valence-electron chi connectivity index (χ1n) is 4.96. The van der Waals surface area contributed by atoms with Crippen molar-refractivity contribution in [3.63, 3.8) is 0 Å². The van der Waals surface area contributed by atoms with Gasteiger partial charge in [0.1, 0.15) is 5.70 Å². The van der Waals surface area contributed by atoms with E-state index in [4.69, 9.17) is 5.73 Å². The normalized spacial score (nSPS) is 17.9. The van der Waals surface area contributed by atoms with Crippen molar-refractivity contribution in [1.82, 2.24) is 10.2 Å². The largest absolute Gasteiger partial charge is 0.394 e. The van der Waals surface area contributed by atoms with E-state index < -0.39 is 0 Å². The summed E-state index contributed by atoms with van der Waals surface area (Å²) in [7, 11) is 3.37. The van der Waals surface area contributed by atoms with Gasteiger partial charge in [-0.15, -0.1) is 0 Å². The van der Waals surface area contributed by atoms with E-state index >= 15 is 0 Å². The van der Waals surface area contributed by atoms with Crippen LogP contribution in [0.25, 0.3) is 0 Å². The Bertz CT molecular complexity index is 317. The highest BCUT2D eigenvalue weighted by atomic mass is 16.2. The molecule has 1 heterocycles. The number of nitrogens with zero attached hydrogens (tertiary/aromatic N) is 2. The molecule has 0 radical (unpaired) electrons. The van der Waals surface area contributed by atoms with E-state index in [1.807, 2.05) is 6.92 Å². The molecule has 5 heteroatoms. The highest BCUT2D eigenvalue weighted by molar-refractivity contribution is 6.08. The lowest BCUT2D eigenvalue weighted by Crippen LogP contribution is -2.35. The molecule has 1 rings (SSSR count). The van der Waals surface area contributed by atoms with Gasteiger partial charge in [0.2, 0.25) is 0 Å². The van der Waals surface area contributed by atoms with E-state index in [-0.39, 0.29) is 11.6 Å². The molecule has 0 aliphatic carbocycles. The topological polar surface area (TPSA) is 70.7 Å². The van der Waals surface area contributed by atoms with Crippen LogP contribution in [0.1, 0.15) is 6.92 Å². The predicted octanol–water partition coefficient (Wildman–Crippen LogP) is -0.648. The summed E-state index contributed by atoms with van der Waals surface area (Å²) < 4.78 is 0. The van der Waals surface area contributed by atoms with Crippen molar-refractivity contribution in [1.29, 1.82) is 0 Å². The van der Waals surface area contributed by atoms with Gasteiger partial charge < -0.3 is 16.0 Å². The van der Waals surface area contributed by atoms with Gasteiger partial charge in [0.05, 0.1) is 12.3 Å². The van der Waals surface area contributed by atoms with Gasteiger partial charge in [-0.25, -0.2) is 0 Å². The standard InChI is InChI=1S/C10H18N4O/c1-7(8-6-12-4-5-13-8)9(11)10(15)14(2)3/h12H,4-6,11H2,1-3H3/b9-7-. The number of nitrogens with one attached hydrogen (secondary N) is 1. The molecule has 0 saturated carbocycles. The van der Waals surface area contributed by atoms with E-state index in [1.165, 1.54) is 4.90 Å². The molecule has 0 fully saturated rings. The van der Waals surface area contributed by atoms with Crippen LogP contribution in [0.3, 0.4) is 0 Å². The number of amides is 1. The number of carbonyl (C=O) groups excluding carboxylic acids is 1. The summed E-state index contributed by atoms with van der Waals surface area (Å²) in [6, 6.07) is 0. The summed E-state index contributed by atoms with van der Waals surface area (Å²) in [6.45, 7) is 4.16. The first-order valence-corrected chi connectivity index (χ1v) is 4.96. The molecule has 1 aliphatic heterocycles. The molecule has 0 aromatic rings. The van der Waals surface area contributed by atoms with Crippen LogP contribution in [-0.2, 0) is 4.79 Å². The fraction of sp³-hybridized carbons (Fsp3) is 0.600. The van der Waals surface area contributed by atoms with Gasteiger partial charge in [-0.05, 0) is 12.5 Å². The Labute approximate surface area is 90.0 Å². The van der Waals surface area contributed by atoms with E-state index in [0.717, 1.165) is 24.4 Å². The maximum atomic E-state index is 11.6. The van der Waals surface area contributed by atoms with Gasteiger partial charge in [-0.2, -0.15) is 0 Å². The quantitative estimate of drug-likeness (QED) is 0.595. The SMILES string of the molecule is C/C(C1=NCCNC1)=C(/N)C(=O)N(C)C. The minimum Gasteiger partial charge on any atom is -0.394 e. The third kappa shape index (κ3) is 2.79. The van der Waals surface area contributed by atoms with Crippen molar-refractivity contribution < 1.29 is 4.79 Å². The maximum Gasteiger partial charge on any atom is 0.269 e. The van der Waals surface area contributed by atoms with Crippen LogP contribution in [-0.4, -0.2) is 50.2 Å². The van der Waals surface area contributed by atoms with E-state index in [1.54, 1.807) is 14.1 Å². The van der Waals surface area contributed by atoms with E-state index in [2.05, 4.69) is 10.3 Å². The number of likely N-dealkylation sites (N-methyl/N-ethyl adjacent to an activating group) is 1. The van der Waals surface area contributed by atoms with Crippen molar-refractivity contribution in [3.05, 3.63) is 11.3 Å². The molecular formula is C10H18N4O.